The van der Waals surface area contributed by atoms with Gasteiger partial charge in [-0.15, -0.1) is 21.5 Å². The van der Waals surface area contributed by atoms with Gasteiger partial charge in [-0.1, -0.05) is 43.9 Å². The van der Waals surface area contributed by atoms with Gasteiger partial charge in [0.1, 0.15) is 10.8 Å². The van der Waals surface area contributed by atoms with Gasteiger partial charge >= 0.3 is 5.97 Å². The maximum Gasteiger partial charge on any atom is 0.341 e. The smallest absolute Gasteiger partial charge is 0.341 e. The second-order valence-corrected chi connectivity index (χ2v) is 11.4. The average molecular weight is 491 g/mol. The average Bonchev–Trinajstić information content (AvgIpc) is 3.32. The molecule has 0 bridgehead atoms. The van der Waals surface area contributed by atoms with Crippen molar-refractivity contribution in [1.82, 2.24) is 14.8 Å². The Kier molecular flexibility index (Phi) is 8.11. The summed E-state index contributed by atoms with van der Waals surface area (Å²) in [5.74, 6) is 1.42. The van der Waals surface area contributed by atoms with E-state index in [4.69, 9.17) is 4.74 Å². The minimum Gasteiger partial charge on any atom is -0.459 e. The Balaban J connectivity index is 1.39. The van der Waals surface area contributed by atoms with E-state index in [2.05, 4.69) is 15.5 Å². The van der Waals surface area contributed by atoms with Crippen molar-refractivity contribution in [3.63, 3.8) is 0 Å². The molecule has 1 amide bonds. The Morgan fingerprint density at radius 2 is 1.91 bits per heavy atom. The lowest BCUT2D eigenvalue weighted by Gasteiger charge is -2.20. The maximum absolute atomic E-state index is 12.8. The van der Waals surface area contributed by atoms with Gasteiger partial charge in [0.05, 0.1) is 17.4 Å². The number of carbonyl (C=O) groups excluding carboxylic acids is 2. The molecule has 1 fully saturated rings. The van der Waals surface area contributed by atoms with Crippen molar-refractivity contribution in [3.05, 3.63) is 21.8 Å². The van der Waals surface area contributed by atoms with Crippen LogP contribution in [0.3, 0.4) is 0 Å². The summed E-state index contributed by atoms with van der Waals surface area (Å²) in [4.78, 5) is 26.8. The molecule has 0 unspecified atom stereocenters. The summed E-state index contributed by atoms with van der Waals surface area (Å²) < 4.78 is 7.50. The molecule has 0 radical (unpaired) electrons. The summed E-state index contributed by atoms with van der Waals surface area (Å²) in [6.45, 7) is 3.68. The number of thioether (sulfide) groups is 1. The van der Waals surface area contributed by atoms with Gasteiger partial charge in [-0.3, -0.25) is 4.79 Å². The van der Waals surface area contributed by atoms with Crippen LogP contribution in [0.5, 0.6) is 0 Å². The van der Waals surface area contributed by atoms with Gasteiger partial charge in [0.25, 0.3) is 0 Å². The topological polar surface area (TPSA) is 86.1 Å². The number of hydrogen-bond donors (Lipinski definition) is 1. The first-order valence-electron chi connectivity index (χ1n) is 12.1. The first-order valence-corrected chi connectivity index (χ1v) is 13.9. The number of amides is 1. The van der Waals surface area contributed by atoms with Crippen LogP contribution in [0.25, 0.3) is 0 Å². The van der Waals surface area contributed by atoms with E-state index in [0.29, 0.717) is 16.5 Å². The fourth-order valence-electron chi connectivity index (χ4n) is 4.73. The second-order valence-electron chi connectivity index (χ2n) is 9.37. The molecule has 0 atom stereocenters. The van der Waals surface area contributed by atoms with Crippen LogP contribution in [0.4, 0.5) is 5.00 Å². The molecule has 0 aromatic carbocycles. The number of hydrogen-bond acceptors (Lipinski definition) is 7. The summed E-state index contributed by atoms with van der Waals surface area (Å²) in [5.41, 5.74) is 1.61. The first-order chi connectivity index (χ1) is 15.9. The summed E-state index contributed by atoms with van der Waals surface area (Å²) in [5, 5.41) is 13.1. The minimum atomic E-state index is -0.340. The van der Waals surface area contributed by atoms with Crippen molar-refractivity contribution in [2.75, 3.05) is 11.1 Å². The second kappa shape index (κ2) is 11.0. The monoisotopic (exact) mass is 490 g/mol. The third-order valence-corrected chi connectivity index (χ3v) is 8.65. The van der Waals surface area contributed by atoms with E-state index in [9.17, 15) is 9.59 Å². The third kappa shape index (κ3) is 5.98. The van der Waals surface area contributed by atoms with E-state index < -0.39 is 0 Å². The highest BCUT2D eigenvalue weighted by Crippen LogP contribution is 2.39. The lowest BCUT2D eigenvalue weighted by molar-refractivity contribution is -0.113. The molecule has 1 N–H and O–H groups in total. The molecular weight excluding hydrogens is 456 g/mol. The summed E-state index contributed by atoms with van der Waals surface area (Å²) in [7, 11) is 1.98. The number of ether oxygens (including phenoxy) is 1. The number of carbonyl (C=O) groups is 2. The van der Waals surface area contributed by atoms with E-state index in [0.717, 1.165) is 48.6 Å². The van der Waals surface area contributed by atoms with Crippen molar-refractivity contribution in [2.24, 2.45) is 13.0 Å². The van der Waals surface area contributed by atoms with Crippen LogP contribution in [0.2, 0.25) is 0 Å². The predicted octanol–water partition coefficient (Wildman–Crippen LogP) is 5.17. The number of aromatic nitrogens is 3. The molecule has 9 heteroatoms. The van der Waals surface area contributed by atoms with Gasteiger partial charge in [-0.2, -0.15) is 0 Å². The Labute approximate surface area is 204 Å². The number of nitrogens with zero attached hydrogens (tertiary/aromatic N) is 3. The summed E-state index contributed by atoms with van der Waals surface area (Å²) in [6, 6.07) is 0. The first kappa shape index (κ1) is 24.3. The van der Waals surface area contributed by atoms with Crippen molar-refractivity contribution in [3.8, 4) is 0 Å². The number of fused-ring (bicyclic) bond motifs is 1. The lowest BCUT2D eigenvalue weighted by Crippen LogP contribution is -2.19. The van der Waals surface area contributed by atoms with E-state index in [1.165, 1.54) is 60.1 Å². The maximum atomic E-state index is 12.8. The number of rotatable bonds is 8. The summed E-state index contributed by atoms with van der Waals surface area (Å²) in [6.07, 6.45) is 11.2. The van der Waals surface area contributed by atoms with Gasteiger partial charge < -0.3 is 14.6 Å². The number of esters is 1. The van der Waals surface area contributed by atoms with Gasteiger partial charge in [0.15, 0.2) is 5.16 Å². The molecule has 4 rings (SSSR count). The zero-order chi connectivity index (χ0) is 23.4. The third-order valence-electron chi connectivity index (χ3n) is 6.42. The SMILES string of the molecule is CC(C)OC(=O)c1c(NC(=O)CSc2nnc(CC3CCCCC3)n2C)sc2c1CCCC2. The zero-order valence-corrected chi connectivity index (χ0v) is 21.4. The van der Waals surface area contributed by atoms with Crippen LogP contribution < -0.4 is 5.32 Å². The van der Waals surface area contributed by atoms with E-state index in [1.54, 1.807) is 0 Å². The fourth-order valence-corrected chi connectivity index (χ4v) is 6.76. The van der Waals surface area contributed by atoms with Crippen LogP contribution in [-0.2, 0) is 35.8 Å². The van der Waals surface area contributed by atoms with Crippen molar-refractivity contribution in [2.45, 2.75) is 89.3 Å². The van der Waals surface area contributed by atoms with Crippen LogP contribution in [0.15, 0.2) is 5.16 Å². The number of thiophene rings is 1. The molecule has 1 saturated carbocycles. The molecule has 180 valence electrons. The van der Waals surface area contributed by atoms with E-state index in [1.807, 2.05) is 25.5 Å². The molecular formula is C24H34N4O3S2. The molecule has 2 aromatic heterocycles. The van der Waals surface area contributed by atoms with Crippen LogP contribution in [0, 0.1) is 5.92 Å². The molecule has 33 heavy (non-hydrogen) atoms. The van der Waals surface area contributed by atoms with Crippen molar-refractivity contribution in [1.29, 1.82) is 0 Å². The highest BCUT2D eigenvalue weighted by molar-refractivity contribution is 7.99. The molecule has 0 spiro atoms. The standard InChI is InChI=1S/C24H34N4O3S2/c1-15(2)31-23(30)21-17-11-7-8-12-18(17)33-22(21)25-20(29)14-32-24-27-26-19(28(24)3)13-16-9-5-4-6-10-16/h15-16H,4-14H2,1-3H3,(H,25,29). The number of nitrogens with one attached hydrogen (secondary N) is 1. The minimum absolute atomic E-state index is 0.144. The summed E-state index contributed by atoms with van der Waals surface area (Å²) >= 11 is 2.90. The van der Waals surface area contributed by atoms with E-state index >= 15 is 0 Å². The van der Waals surface area contributed by atoms with Crippen LogP contribution in [0.1, 0.15) is 85.4 Å². The molecule has 2 aliphatic carbocycles. The molecule has 2 heterocycles. The fraction of sp³-hybridized carbons (Fsp3) is 0.667. The Bertz CT molecular complexity index is 992. The van der Waals surface area contributed by atoms with Gasteiger partial charge in [0.2, 0.25) is 5.91 Å². The molecule has 0 aliphatic heterocycles. The molecule has 7 nitrogen and oxygen atoms in total. The Hall–Kier alpha value is -1.87. The highest BCUT2D eigenvalue weighted by Gasteiger charge is 2.28. The molecule has 0 saturated heterocycles. The lowest BCUT2D eigenvalue weighted by atomic mass is 9.87. The predicted molar refractivity (Wildman–Crippen MR) is 132 cm³/mol. The quantitative estimate of drug-likeness (QED) is 0.406. The molecule has 2 aliphatic rings. The van der Waals surface area contributed by atoms with E-state index in [-0.39, 0.29) is 23.7 Å². The largest absolute Gasteiger partial charge is 0.459 e. The normalized spacial score (nSPS) is 16.6. The van der Waals surface area contributed by atoms with Crippen molar-refractivity contribution >= 4 is 40.0 Å². The van der Waals surface area contributed by atoms with Crippen molar-refractivity contribution < 1.29 is 14.3 Å². The highest BCUT2D eigenvalue weighted by atomic mass is 32.2. The van der Waals surface area contributed by atoms with Crippen LogP contribution >= 0.6 is 23.1 Å². The number of aryl methyl sites for hydroxylation is 1. The molecule has 2 aromatic rings. The number of anilines is 1. The van der Waals surface area contributed by atoms with Gasteiger partial charge in [0, 0.05) is 18.3 Å². The Morgan fingerprint density at radius 1 is 1.15 bits per heavy atom. The van der Waals surface area contributed by atoms with Gasteiger partial charge in [-0.05, 0) is 51.0 Å². The van der Waals surface area contributed by atoms with Gasteiger partial charge in [-0.25, -0.2) is 4.79 Å². The Morgan fingerprint density at radius 3 is 2.67 bits per heavy atom. The zero-order valence-electron chi connectivity index (χ0n) is 19.8. The van der Waals surface area contributed by atoms with Crippen LogP contribution in [-0.4, -0.2) is 38.5 Å².